The van der Waals surface area contributed by atoms with E-state index >= 15 is 0 Å². The third-order valence-corrected chi connectivity index (χ3v) is 4.00. The van der Waals surface area contributed by atoms with Gasteiger partial charge in [-0.15, -0.1) is 11.3 Å². The van der Waals surface area contributed by atoms with Crippen molar-refractivity contribution >= 4 is 17.8 Å². The van der Waals surface area contributed by atoms with Crippen LogP contribution in [0.25, 0.3) is 0 Å². The Labute approximate surface area is 130 Å². The summed E-state index contributed by atoms with van der Waals surface area (Å²) in [6.07, 6.45) is 2.42. The van der Waals surface area contributed by atoms with Crippen molar-refractivity contribution in [3.63, 3.8) is 0 Å². The van der Waals surface area contributed by atoms with Gasteiger partial charge in [0.15, 0.2) is 0 Å². The number of nitrogens with zero attached hydrogens (tertiary/aromatic N) is 1. The van der Waals surface area contributed by atoms with Gasteiger partial charge in [0.2, 0.25) is 0 Å². The van der Waals surface area contributed by atoms with Gasteiger partial charge in [-0.2, -0.15) is 0 Å². The van der Waals surface area contributed by atoms with Crippen LogP contribution < -0.4 is 16.6 Å². The number of nitrogens with two attached hydrogens (primary N) is 1. The van der Waals surface area contributed by atoms with Crippen LogP contribution in [0.4, 0.5) is 0 Å². The number of hydrogen-bond acceptors (Lipinski definition) is 7. The Hall–Kier alpha value is -1.02. The molecule has 21 heavy (non-hydrogen) atoms. The van der Waals surface area contributed by atoms with E-state index in [9.17, 15) is 4.79 Å². The second-order valence-electron chi connectivity index (χ2n) is 5.91. The van der Waals surface area contributed by atoms with E-state index in [4.69, 9.17) is 5.84 Å². The minimum absolute atomic E-state index is 0.318. The van der Waals surface area contributed by atoms with Gasteiger partial charge < -0.3 is 10.1 Å². The Morgan fingerprint density at radius 1 is 1.52 bits per heavy atom. The molecule has 1 saturated heterocycles. The fourth-order valence-electron chi connectivity index (χ4n) is 1.91. The molecule has 0 amide bonds. The number of piperidine rings is 1. The molecule has 2 rings (SSSR count). The van der Waals surface area contributed by atoms with Gasteiger partial charge >= 0.3 is 0 Å². The third kappa shape index (κ3) is 7.52. The van der Waals surface area contributed by atoms with E-state index in [0.717, 1.165) is 18.8 Å². The van der Waals surface area contributed by atoms with Crippen molar-refractivity contribution < 1.29 is 9.53 Å². The topological polar surface area (TPSA) is 89.3 Å². The Kier molecular flexibility index (Phi) is 7.81. The first-order chi connectivity index (χ1) is 9.96. The summed E-state index contributed by atoms with van der Waals surface area (Å²) in [5.41, 5.74) is 3.38. The molecular formula is C14H26N4O2S. The predicted molar refractivity (Wildman–Crippen MR) is 84.9 cm³/mol. The second-order valence-corrected chi connectivity index (χ2v) is 6.80. The molecule has 1 aliphatic heterocycles. The summed E-state index contributed by atoms with van der Waals surface area (Å²) < 4.78 is 4.55. The molecule has 4 N–H and O–H groups in total. The molecule has 0 saturated carbocycles. The van der Waals surface area contributed by atoms with E-state index in [0.29, 0.717) is 18.9 Å². The molecule has 7 heteroatoms. The Morgan fingerprint density at radius 3 is 2.67 bits per heavy atom. The summed E-state index contributed by atoms with van der Waals surface area (Å²) in [6, 6.07) is 0. The highest BCUT2D eigenvalue weighted by atomic mass is 32.1. The lowest BCUT2D eigenvalue weighted by Gasteiger charge is -2.20. The molecule has 2 heterocycles. The van der Waals surface area contributed by atoms with Gasteiger partial charge in [0.1, 0.15) is 5.60 Å². The van der Waals surface area contributed by atoms with Crippen molar-refractivity contribution in [2.24, 2.45) is 5.84 Å². The molecular weight excluding hydrogens is 288 g/mol. The molecule has 1 aromatic heterocycles. The van der Waals surface area contributed by atoms with Crippen LogP contribution >= 0.6 is 11.3 Å². The van der Waals surface area contributed by atoms with Crippen LogP contribution in [0.3, 0.4) is 0 Å². The van der Waals surface area contributed by atoms with Crippen LogP contribution in [0.2, 0.25) is 0 Å². The van der Waals surface area contributed by atoms with Crippen molar-refractivity contribution in [3.05, 3.63) is 16.1 Å². The number of ether oxygens (including phenoxy) is 1. The van der Waals surface area contributed by atoms with E-state index in [-0.39, 0.29) is 5.60 Å². The SMILES string of the molecule is CC(C)(C)OC=O.NNCc1csc(C2CCNCC2)n1. The minimum atomic E-state index is -0.318. The lowest BCUT2D eigenvalue weighted by atomic mass is 9.99. The molecule has 0 atom stereocenters. The smallest absolute Gasteiger partial charge is 0.293 e. The fraction of sp³-hybridized carbons (Fsp3) is 0.714. The first-order valence-corrected chi connectivity index (χ1v) is 8.04. The van der Waals surface area contributed by atoms with Gasteiger partial charge in [-0.3, -0.25) is 16.1 Å². The first-order valence-electron chi connectivity index (χ1n) is 7.16. The van der Waals surface area contributed by atoms with E-state index in [1.54, 1.807) is 11.3 Å². The molecule has 120 valence electrons. The maximum atomic E-state index is 9.60. The largest absolute Gasteiger partial charge is 0.462 e. The number of rotatable bonds is 4. The third-order valence-electron chi connectivity index (χ3n) is 2.94. The van der Waals surface area contributed by atoms with Gasteiger partial charge in [-0.1, -0.05) is 0 Å². The molecule has 0 aliphatic carbocycles. The highest BCUT2D eigenvalue weighted by molar-refractivity contribution is 7.09. The van der Waals surface area contributed by atoms with E-state index in [1.807, 2.05) is 20.8 Å². The van der Waals surface area contributed by atoms with Crippen LogP contribution in [-0.2, 0) is 16.1 Å². The van der Waals surface area contributed by atoms with E-state index < -0.39 is 0 Å². The minimum Gasteiger partial charge on any atom is -0.462 e. The first kappa shape index (κ1) is 18.0. The van der Waals surface area contributed by atoms with Crippen molar-refractivity contribution in [1.82, 2.24) is 15.7 Å². The summed E-state index contributed by atoms with van der Waals surface area (Å²) in [6.45, 7) is 8.83. The van der Waals surface area contributed by atoms with Gasteiger partial charge in [0.05, 0.1) is 17.2 Å². The Bertz CT molecular complexity index is 411. The fourth-order valence-corrected chi connectivity index (χ4v) is 2.90. The summed E-state index contributed by atoms with van der Waals surface area (Å²) in [7, 11) is 0. The van der Waals surface area contributed by atoms with Crippen LogP contribution in [0.5, 0.6) is 0 Å². The van der Waals surface area contributed by atoms with Crippen LogP contribution in [-0.4, -0.2) is 30.1 Å². The number of hydrogen-bond donors (Lipinski definition) is 3. The van der Waals surface area contributed by atoms with Crippen LogP contribution in [0.1, 0.15) is 50.2 Å². The molecule has 0 radical (unpaired) electrons. The van der Waals surface area contributed by atoms with Crippen LogP contribution in [0.15, 0.2) is 5.38 Å². The van der Waals surface area contributed by atoms with Crippen molar-refractivity contribution in [3.8, 4) is 0 Å². The number of carbonyl (C=O) groups is 1. The molecule has 0 spiro atoms. The van der Waals surface area contributed by atoms with Gasteiger partial charge in [-0.05, 0) is 46.7 Å². The summed E-state index contributed by atoms with van der Waals surface area (Å²) in [5, 5.41) is 6.73. The van der Waals surface area contributed by atoms with Gasteiger partial charge in [0, 0.05) is 11.3 Å². The molecule has 0 aromatic carbocycles. The quantitative estimate of drug-likeness (QED) is 0.444. The molecule has 1 aromatic rings. The maximum Gasteiger partial charge on any atom is 0.293 e. The number of hydrazine groups is 1. The van der Waals surface area contributed by atoms with Gasteiger partial charge in [-0.25, -0.2) is 4.98 Å². The molecule has 0 unspecified atom stereocenters. The maximum absolute atomic E-state index is 9.60. The Morgan fingerprint density at radius 2 is 2.19 bits per heavy atom. The monoisotopic (exact) mass is 314 g/mol. The van der Waals surface area contributed by atoms with Crippen LogP contribution in [0, 0.1) is 0 Å². The molecule has 6 nitrogen and oxygen atoms in total. The molecule has 1 aliphatic rings. The summed E-state index contributed by atoms with van der Waals surface area (Å²) in [5.74, 6) is 5.91. The molecule has 1 fully saturated rings. The number of aromatic nitrogens is 1. The lowest BCUT2D eigenvalue weighted by molar-refractivity contribution is -0.138. The number of nitrogens with one attached hydrogen (secondary N) is 2. The van der Waals surface area contributed by atoms with Crippen molar-refractivity contribution in [2.45, 2.75) is 51.7 Å². The van der Waals surface area contributed by atoms with E-state index in [2.05, 4.69) is 25.8 Å². The zero-order valence-electron chi connectivity index (χ0n) is 13.0. The lowest BCUT2D eigenvalue weighted by Crippen LogP contribution is -2.26. The van der Waals surface area contributed by atoms with Crippen molar-refractivity contribution in [2.75, 3.05) is 13.1 Å². The number of thiazole rings is 1. The average molecular weight is 314 g/mol. The van der Waals surface area contributed by atoms with Gasteiger partial charge in [0.25, 0.3) is 6.47 Å². The summed E-state index contributed by atoms with van der Waals surface area (Å²) in [4.78, 5) is 14.2. The zero-order valence-corrected chi connectivity index (χ0v) is 13.8. The average Bonchev–Trinajstić information content (AvgIpc) is 2.88. The number of carbonyl (C=O) groups excluding carboxylic acids is 1. The highest BCUT2D eigenvalue weighted by Crippen LogP contribution is 2.27. The summed E-state index contributed by atoms with van der Waals surface area (Å²) >= 11 is 1.76. The Balaban J connectivity index is 0.000000270. The predicted octanol–water partition coefficient (Wildman–Crippen LogP) is 1.53. The van der Waals surface area contributed by atoms with E-state index in [1.165, 1.54) is 17.8 Å². The second kappa shape index (κ2) is 9.09. The standard InChI is InChI=1S/C9H16N4S.C5H10O2/c10-12-5-8-6-14-9(13-8)7-1-3-11-4-2-7;1-5(2,3)7-4-6/h6-7,11-12H,1-5,10H2;4H,1-3H3. The molecule has 0 bridgehead atoms. The highest BCUT2D eigenvalue weighted by Gasteiger charge is 2.18. The zero-order chi connectivity index (χ0) is 15.7. The normalized spacial score (nSPS) is 16.0. The van der Waals surface area contributed by atoms with Crippen molar-refractivity contribution in [1.29, 1.82) is 0 Å².